The van der Waals surface area contributed by atoms with Gasteiger partial charge in [-0.15, -0.1) is 0 Å². The summed E-state index contributed by atoms with van der Waals surface area (Å²) in [5.74, 6) is 0.837. The zero-order chi connectivity index (χ0) is 12.5. The Bertz CT molecular complexity index is 711. The van der Waals surface area contributed by atoms with Gasteiger partial charge >= 0.3 is 0 Å². The van der Waals surface area contributed by atoms with E-state index in [2.05, 4.69) is 20.1 Å². The summed E-state index contributed by atoms with van der Waals surface area (Å²) in [4.78, 5) is 12.5. The van der Waals surface area contributed by atoms with E-state index < -0.39 is 0 Å². The minimum absolute atomic E-state index is 0.338. The van der Waals surface area contributed by atoms with Crippen molar-refractivity contribution in [2.75, 3.05) is 7.11 Å². The van der Waals surface area contributed by atoms with Crippen molar-refractivity contribution >= 4 is 17.1 Å². The molecule has 0 radical (unpaired) electrons. The first-order chi connectivity index (χ1) is 8.79. The van der Waals surface area contributed by atoms with E-state index in [-0.39, 0.29) is 0 Å². The van der Waals surface area contributed by atoms with Gasteiger partial charge in [-0.2, -0.15) is 10.1 Å². The largest absolute Gasteiger partial charge is 0.480 e. The Labute approximate surface area is 107 Å². The van der Waals surface area contributed by atoms with E-state index in [1.165, 1.54) is 13.3 Å². The molecule has 0 saturated heterocycles. The third-order valence-electron chi connectivity index (χ3n) is 2.47. The van der Waals surface area contributed by atoms with E-state index >= 15 is 0 Å². The minimum Gasteiger partial charge on any atom is -0.480 e. The van der Waals surface area contributed by atoms with Crippen LogP contribution in [0.2, 0.25) is 5.02 Å². The van der Waals surface area contributed by atoms with E-state index in [1.54, 1.807) is 29.3 Å². The number of hydrogen-bond acceptors (Lipinski definition) is 5. The lowest BCUT2D eigenvalue weighted by atomic mass is 10.3. The molecule has 0 atom stereocenters. The molecule has 3 rings (SSSR count). The molecule has 0 amide bonds. The maximum Gasteiger partial charge on any atom is 0.235 e. The second kappa shape index (κ2) is 4.23. The molecule has 0 spiro atoms. The zero-order valence-corrected chi connectivity index (χ0v) is 10.2. The van der Waals surface area contributed by atoms with Gasteiger partial charge in [-0.1, -0.05) is 11.6 Å². The van der Waals surface area contributed by atoms with Gasteiger partial charge in [0.25, 0.3) is 0 Å². The van der Waals surface area contributed by atoms with Crippen LogP contribution >= 0.6 is 11.6 Å². The molecule has 7 heteroatoms. The number of fused-ring (bicyclic) bond motifs is 1. The Kier molecular flexibility index (Phi) is 2.56. The number of aromatic nitrogens is 5. The van der Waals surface area contributed by atoms with Crippen molar-refractivity contribution in [2.45, 2.75) is 0 Å². The molecule has 3 heterocycles. The van der Waals surface area contributed by atoms with Crippen molar-refractivity contribution in [2.24, 2.45) is 0 Å². The lowest BCUT2D eigenvalue weighted by molar-refractivity contribution is 0.397. The molecule has 3 aromatic heterocycles. The summed E-state index contributed by atoms with van der Waals surface area (Å²) in [5.41, 5.74) is 1.60. The van der Waals surface area contributed by atoms with E-state index in [4.69, 9.17) is 16.3 Å². The summed E-state index contributed by atoms with van der Waals surface area (Å²) in [7, 11) is 1.51. The molecular weight excluding hydrogens is 254 g/mol. The monoisotopic (exact) mass is 261 g/mol. The third kappa shape index (κ3) is 1.67. The van der Waals surface area contributed by atoms with Gasteiger partial charge in [-0.3, -0.25) is 4.98 Å². The van der Waals surface area contributed by atoms with Gasteiger partial charge < -0.3 is 4.74 Å². The van der Waals surface area contributed by atoms with Crippen molar-refractivity contribution in [3.8, 4) is 17.3 Å². The molecule has 0 aromatic carbocycles. The van der Waals surface area contributed by atoms with Crippen molar-refractivity contribution < 1.29 is 4.74 Å². The van der Waals surface area contributed by atoms with E-state index in [9.17, 15) is 0 Å². The van der Waals surface area contributed by atoms with Crippen LogP contribution in [0.3, 0.4) is 0 Å². The Morgan fingerprint density at radius 3 is 3.00 bits per heavy atom. The fourth-order valence-corrected chi connectivity index (χ4v) is 1.80. The van der Waals surface area contributed by atoms with Crippen LogP contribution in [-0.4, -0.2) is 31.7 Å². The van der Waals surface area contributed by atoms with Crippen molar-refractivity contribution in [1.29, 1.82) is 0 Å². The van der Waals surface area contributed by atoms with E-state index in [0.717, 1.165) is 11.1 Å². The number of ether oxygens (including phenoxy) is 1. The molecule has 0 N–H and O–H groups in total. The lowest BCUT2D eigenvalue weighted by Gasteiger charge is -2.03. The molecule has 0 unspecified atom stereocenters. The second-order valence-corrected chi connectivity index (χ2v) is 3.92. The highest BCUT2D eigenvalue weighted by atomic mass is 35.5. The summed E-state index contributed by atoms with van der Waals surface area (Å²) in [6.45, 7) is 0. The maximum atomic E-state index is 5.89. The molecule has 0 aliphatic rings. The molecule has 0 bridgehead atoms. The van der Waals surface area contributed by atoms with E-state index in [1.807, 2.05) is 0 Å². The van der Waals surface area contributed by atoms with Crippen LogP contribution in [0, 0.1) is 0 Å². The van der Waals surface area contributed by atoms with Gasteiger partial charge in [0.1, 0.15) is 5.02 Å². The first kappa shape index (κ1) is 10.9. The molecule has 0 saturated carbocycles. The van der Waals surface area contributed by atoms with Gasteiger partial charge in [0.05, 0.1) is 36.8 Å². The first-order valence-electron chi connectivity index (χ1n) is 5.14. The Hall–Kier alpha value is -2.21. The van der Waals surface area contributed by atoms with Crippen LogP contribution in [0.4, 0.5) is 0 Å². The number of nitrogens with zero attached hydrogens (tertiary/aromatic N) is 5. The fourth-order valence-electron chi connectivity index (χ4n) is 1.63. The summed E-state index contributed by atoms with van der Waals surface area (Å²) in [6.07, 6.45) is 8.30. The minimum atomic E-state index is 0.338. The number of halogens is 1. The number of rotatable bonds is 2. The lowest BCUT2D eigenvalue weighted by Crippen LogP contribution is -1.94. The molecule has 90 valence electrons. The Balaban J connectivity index is 2.20. The first-order valence-corrected chi connectivity index (χ1v) is 5.51. The van der Waals surface area contributed by atoms with Gasteiger partial charge in [-0.05, 0) is 0 Å². The normalized spacial score (nSPS) is 10.8. The van der Waals surface area contributed by atoms with Crippen molar-refractivity contribution in [1.82, 2.24) is 24.6 Å². The highest BCUT2D eigenvalue weighted by Crippen LogP contribution is 2.26. The topological polar surface area (TPSA) is 65.2 Å². The predicted octanol–water partition coefficient (Wildman–Crippen LogP) is 1.85. The molecule has 0 aliphatic heterocycles. The maximum absolute atomic E-state index is 5.89. The summed E-state index contributed by atoms with van der Waals surface area (Å²) < 4.78 is 6.77. The molecule has 6 nitrogen and oxygen atoms in total. The molecule has 3 aromatic rings. The van der Waals surface area contributed by atoms with Crippen LogP contribution in [0.5, 0.6) is 5.88 Å². The highest BCUT2D eigenvalue weighted by molar-refractivity contribution is 6.31. The Morgan fingerprint density at radius 1 is 1.28 bits per heavy atom. The smallest absolute Gasteiger partial charge is 0.235 e. The molecule has 0 aliphatic carbocycles. The highest BCUT2D eigenvalue weighted by Gasteiger charge is 2.12. The quantitative estimate of drug-likeness (QED) is 0.704. The van der Waals surface area contributed by atoms with Gasteiger partial charge in [0.15, 0.2) is 5.82 Å². The number of hydrogen-bond donors (Lipinski definition) is 0. The van der Waals surface area contributed by atoms with Crippen molar-refractivity contribution in [3.05, 3.63) is 36.0 Å². The average Bonchev–Trinajstić information content (AvgIpc) is 2.83. The van der Waals surface area contributed by atoms with E-state index in [0.29, 0.717) is 16.7 Å². The second-order valence-electron chi connectivity index (χ2n) is 3.52. The van der Waals surface area contributed by atoms with Gasteiger partial charge in [-0.25, -0.2) is 9.50 Å². The molecular formula is C11H8ClN5O. The fraction of sp³-hybridized carbons (Fsp3) is 0.0909. The Morgan fingerprint density at radius 2 is 2.17 bits per heavy atom. The number of methoxy groups -OCH3 is 1. The van der Waals surface area contributed by atoms with Crippen molar-refractivity contribution in [3.63, 3.8) is 0 Å². The third-order valence-corrected chi connectivity index (χ3v) is 2.73. The van der Waals surface area contributed by atoms with Crippen LogP contribution in [0.1, 0.15) is 0 Å². The summed E-state index contributed by atoms with van der Waals surface area (Å²) in [5, 5.41) is 4.57. The van der Waals surface area contributed by atoms with Crippen LogP contribution in [0.25, 0.3) is 16.9 Å². The van der Waals surface area contributed by atoms with Gasteiger partial charge in [0, 0.05) is 12.4 Å². The van der Waals surface area contributed by atoms with Crippen LogP contribution < -0.4 is 4.74 Å². The molecule has 0 fully saturated rings. The van der Waals surface area contributed by atoms with Crippen LogP contribution in [0.15, 0.2) is 31.0 Å². The van der Waals surface area contributed by atoms with Gasteiger partial charge in [0.2, 0.25) is 5.88 Å². The summed E-state index contributed by atoms with van der Waals surface area (Å²) >= 11 is 5.89. The standard InChI is InChI=1S/C11H8ClN5O/c1-18-11-8(12)5-14-10(16-11)7-4-15-17-3-2-13-6-9(7)17/h2-6H,1H3. The molecule has 18 heavy (non-hydrogen) atoms. The van der Waals surface area contributed by atoms with Crippen LogP contribution in [-0.2, 0) is 0 Å². The zero-order valence-electron chi connectivity index (χ0n) is 9.41. The average molecular weight is 262 g/mol. The predicted molar refractivity (Wildman–Crippen MR) is 65.6 cm³/mol. The SMILES string of the molecule is COc1nc(-c2cnn3ccncc23)ncc1Cl. The summed E-state index contributed by atoms with van der Waals surface area (Å²) in [6, 6.07) is 0.